The Bertz CT molecular complexity index is 1030. The monoisotopic (exact) mass is 365 g/mol. The zero-order valence-corrected chi connectivity index (χ0v) is 13.6. The summed E-state index contributed by atoms with van der Waals surface area (Å²) >= 11 is 3.45. The molecule has 0 aliphatic rings. The van der Waals surface area contributed by atoms with E-state index in [4.69, 9.17) is 0 Å². The fraction of sp³-hybridized carbons (Fsp3) is 0. The maximum absolute atomic E-state index is 12.1. The fourth-order valence-corrected chi connectivity index (χ4v) is 2.96. The van der Waals surface area contributed by atoms with Crippen LogP contribution in [0.25, 0.3) is 28.0 Å². The van der Waals surface area contributed by atoms with Crippen LogP contribution in [0.3, 0.4) is 0 Å². The first kappa shape index (κ1) is 14.0. The highest BCUT2D eigenvalue weighted by Crippen LogP contribution is 2.29. The number of halogens is 1. The molecule has 0 amide bonds. The van der Waals surface area contributed by atoms with E-state index >= 15 is 0 Å². The Morgan fingerprint density at radius 2 is 1.74 bits per heavy atom. The van der Waals surface area contributed by atoms with Crippen LogP contribution < -0.4 is 5.56 Å². The van der Waals surface area contributed by atoms with Crippen molar-refractivity contribution in [2.45, 2.75) is 0 Å². The lowest BCUT2D eigenvalue weighted by Gasteiger charge is -2.10. The van der Waals surface area contributed by atoms with Crippen LogP contribution in [0.1, 0.15) is 0 Å². The Kier molecular flexibility index (Phi) is 3.35. The number of hydrogen-bond acceptors (Lipinski definition) is 2. The minimum Gasteiger partial charge on any atom is -0.313 e. The molecule has 0 radical (unpaired) electrons. The van der Waals surface area contributed by atoms with E-state index in [1.807, 2.05) is 65.2 Å². The largest absolute Gasteiger partial charge is 0.313 e. The molecule has 112 valence electrons. The number of nitrogens with zero attached hydrogens (tertiary/aromatic N) is 2. The van der Waals surface area contributed by atoms with Crippen LogP contribution in [0.4, 0.5) is 0 Å². The van der Waals surface area contributed by atoms with Crippen molar-refractivity contribution in [3.63, 3.8) is 0 Å². The third-order valence-electron chi connectivity index (χ3n) is 3.76. The van der Waals surface area contributed by atoms with Crippen LogP contribution >= 0.6 is 15.9 Å². The number of H-pyrrole nitrogens is 1. The van der Waals surface area contributed by atoms with Crippen molar-refractivity contribution < 1.29 is 0 Å². The minimum atomic E-state index is -0.136. The Labute approximate surface area is 140 Å². The first-order valence-electron chi connectivity index (χ1n) is 7.14. The molecule has 2 aromatic carbocycles. The molecule has 0 atom stereocenters. The molecule has 0 unspecified atom stereocenters. The zero-order valence-electron chi connectivity index (χ0n) is 12.0. The van der Waals surface area contributed by atoms with E-state index in [9.17, 15) is 4.79 Å². The molecule has 0 bridgehead atoms. The maximum Gasteiger partial charge on any atom is 0.260 e. The molecule has 4 rings (SSSR count). The average molecular weight is 366 g/mol. The van der Waals surface area contributed by atoms with E-state index in [1.165, 1.54) is 6.33 Å². The van der Waals surface area contributed by atoms with Gasteiger partial charge >= 0.3 is 0 Å². The van der Waals surface area contributed by atoms with Gasteiger partial charge in [-0.1, -0.05) is 46.3 Å². The Morgan fingerprint density at radius 1 is 1.00 bits per heavy atom. The SMILES string of the molecule is O=c1[nH]cnc2c1cc(-c1ccc(Br)cc1)n2-c1ccccc1. The van der Waals surface area contributed by atoms with Gasteiger partial charge in [-0.3, -0.25) is 9.36 Å². The molecule has 23 heavy (non-hydrogen) atoms. The van der Waals surface area contributed by atoms with Gasteiger partial charge in [-0.05, 0) is 35.9 Å². The predicted octanol–water partition coefficient (Wildman–Crippen LogP) is 4.14. The summed E-state index contributed by atoms with van der Waals surface area (Å²) in [5.41, 5.74) is 3.44. The van der Waals surface area contributed by atoms with E-state index in [-0.39, 0.29) is 5.56 Å². The van der Waals surface area contributed by atoms with E-state index in [2.05, 4.69) is 25.9 Å². The molecule has 2 heterocycles. The molecular weight excluding hydrogens is 354 g/mol. The van der Waals surface area contributed by atoms with Gasteiger partial charge in [0, 0.05) is 10.2 Å². The summed E-state index contributed by atoms with van der Waals surface area (Å²) in [5.74, 6) is 0. The van der Waals surface area contributed by atoms with Crippen LogP contribution in [0, 0.1) is 0 Å². The number of nitrogens with one attached hydrogen (secondary N) is 1. The van der Waals surface area contributed by atoms with Gasteiger partial charge in [0.15, 0.2) is 5.65 Å². The number of fused-ring (bicyclic) bond motifs is 1. The summed E-state index contributed by atoms with van der Waals surface area (Å²) < 4.78 is 3.02. The van der Waals surface area contributed by atoms with Crippen molar-refractivity contribution in [3.8, 4) is 16.9 Å². The Morgan fingerprint density at radius 3 is 2.48 bits per heavy atom. The summed E-state index contributed by atoms with van der Waals surface area (Å²) in [4.78, 5) is 19.2. The summed E-state index contributed by atoms with van der Waals surface area (Å²) in [6.07, 6.45) is 1.44. The highest BCUT2D eigenvalue weighted by atomic mass is 79.9. The number of aromatic nitrogens is 3. The van der Waals surface area contributed by atoms with Crippen LogP contribution in [0.15, 0.2) is 76.3 Å². The van der Waals surface area contributed by atoms with Crippen molar-refractivity contribution in [1.29, 1.82) is 0 Å². The van der Waals surface area contributed by atoms with Gasteiger partial charge in [-0.25, -0.2) is 4.98 Å². The normalized spacial score (nSPS) is 11.0. The Hall–Kier alpha value is -2.66. The lowest BCUT2D eigenvalue weighted by molar-refractivity contribution is 1.07. The van der Waals surface area contributed by atoms with Crippen molar-refractivity contribution in [3.05, 3.63) is 81.8 Å². The van der Waals surface area contributed by atoms with Crippen LogP contribution in [-0.2, 0) is 0 Å². The molecule has 4 nitrogen and oxygen atoms in total. The lowest BCUT2D eigenvalue weighted by Crippen LogP contribution is -2.06. The van der Waals surface area contributed by atoms with E-state index in [1.54, 1.807) is 0 Å². The number of rotatable bonds is 2. The molecule has 0 saturated carbocycles. The average Bonchev–Trinajstić information content (AvgIpc) is 2.97. The quantitative estimate of drug-likeness (QED) is 0.580. The third kappa shape index (κ3) is 2.39. The second-order valence-electron chi connectivity index (χ2n) is 5.18. The molecule has 1 N–H and O–H groups in total. The summed E-state index contributed by atoms with van der Waals surface area (Å²) in [6.45, 7) is 0. The fourth-order valence-electron chi connectivity index (χ4n) is 2.70. The second kappa shape index (κ2) is 5.52. The van der Waals surface area contributed by atoms with Gasteiger partial charge in [-0.2, -0.15) is 0 Å². The molecule has 0 aliphatic carbocycles. The third-order valence-corrected chi connectivity index (χ3v) is 4.28. The molecule has 5 heteroatoms. The minimum absolute atomic E-state index is 0.136. The summed E-state index contributed by atoms with van der Waals surface area (Å²) in [6, 6.07) is 19.8. The van der Waals surface area contributed by atoms with Gasteiger partial charge in [0.1, 0.15) is 0 Å². The number of hydrogen-bond donors (Lipinski definition) is 1. The number of benzene rings is 2. The zero-order chi connectivity index (χ0) is 15.8. The second-order valence-corrected chi connectivity index (χ2v) is 6.09. The van der Waals surface area contributed by atoms with Crippen molar-refractivity contribution in [2.24, 2.45) is 0 Å². The van der Waals surface area contributed by atoms with Crippen LogP contribution in [0.2, 0.25) is 0 Å². The first-order chi connectivity index (χ1) is 11.2. The van der Waals surface area contributed by atoms with Crippen LogP contribution in [0.5, 0.6) is 0 Å². The first-order valence-corrected chi connectivity index (χ1v) is 7.94. The van der Waals surface area contributed by atoms with Crippen LogP contribution in [-0.4, -0.2) is 14.5 Å². The van der Waals surface area contributed by atoms with Gasteiger partial charge in [-0.15, -0.1) is 0 Å². The molecule has 0 fully saturated rings. The topological polar surface area (TPSA) is 50.7 Å². The number of aromatic amines is 1. The molecule has 2 aromatic heterocycles. The molecule has 4 aromatic rings. The van der Waals surface area contributed by atoms with Gasteiger partial charge in [0.2, 0.25) is 0 Å². The maximum atomic E-state index is 12.1. The standard InChI is InChI=1S/C18H12BrN3O/c19-13-8-6-12(7-9-13)16-10-15-17(20-11-21-18(15)23)22(16)14-4-2-1-3-5-14/h1-11H,(H,20,21,23). The van der Waals surface area contributed by atoms with Crippen molar-refractivity contribution >= 4 is 27.0 Å². The van der Waals surface area contributed by atoms with Crippen molar-refractivity contribution in [2.75, 3.05) is 0 Å². The smallest absolute Gasteiger partial charge is 0.260 e. The predicted molar refractivity (Wildman–Crippen MR) is 94.8 cm³/mol. The molecular formula is C18H12BrN3O. The summed E-state index contributed by atoms with van der Waals surface area (Å²) in [5, 5.41) is 0.578. The van der Waals surface area contributed by atoms with E-state index in [0.717, 1.165) is 21.4 Å². The highest BCUT2D eigenvalue weighted by molar-refractivity contribution is 9.10. The van der Waals surface area contributed by atoms with E-state index < -0.39 is 0 Å². The number of para-hydroxylation sites is 1. The van der Waals surface area contributed by atoms with E-state index in [0.29, 0.717) is 11.0 Å². The molecule has 0 saturated heterocycles. The van der Waals surface area contributed by atoms with Gasteiger partial charge in [0.25, 0.3) is 5.56 Å². The lowest BCUT2D eigenvalue weighted by atomic mass is 10.1. The molecule has 0 spiro atoms. The van der Waals surface area contributed by atoms with Crippen molar-refractivity contribution in [1.82, 2.24) is 14.5 Å². The summed E-state index contributed by atoms with van der Waals surface area (Å²) in [7, 11) is 0. The van der Waals surface area contributed by atoms with Gasteiger partial charge < -0.3 is 4.98 Å². The van der Waals surface area contributed by atoms with Gasteiger partial charge in [0.05, 0.1) is 17.4 Å². The molecule has 0 aliphatic heterocycles. The Balaban J connectivity index is 2.09. The highest BCUT2D eigenvalue weighted by Gasteiger charge is 2.15.